The van der Waals surface area contributed by atoms with Crippen molar-refractivity contribution in [1.29, 1.82) is 0 Å². The van der Waals surface area contributed by atoms with Crippen LogP contribution < -0.4 is 0 Å². The summed E-state index contributed by atoms with van der Waals surface area (Å²) in [6.07, 6.45) is 46.3. The molecule has 14 bridgehead atoms. The van der Waals surface area contributed by atoms with Gasteiger partial charge < -0.3 is 28.4 Å². The van der Waals surface area contributed by atoms with Crippen LogP contribution >= 0.6 is 0 Å². The second kappa shape index (κ2) is 33.6. The highest BCUT2D eigenvalue weighted by molar-refractivity contribution is 5.79. The molecule has 17 aliphatic rings. The third-order valence-corrected chi connectivity index (χ3v) is 38.4. The molecule has 0 spiro atoms. The third kappa shape index (κ3) is 17.1. The van der Waals surface area contributed by atoms with Gasteiger partial charge >= 0.3 is 35.8 Å². The molecule has 0 aromatic rings. The van der Waals surface area contributed by atoms with Gasteiger partial charge in [0.1, 0.15) is 33.6 Å². The van der Waals surface area contributed by atoms with Crippen molar-refractivity contribution < 1.29 is 57.2 Å². The maximum absolute atomic E-state index is 12.7. The van der Waals surface area contributed by atoms with Gasteiger partial charge in [-0.15, -0.1) is 0 Å². The van der Waals surface area contributed by atoms with E-state index in [1.807, 2.05) is 90.0 Å². The van der Waals surface area contributed by atoms with Gasteiger partial charge in [-0.3, -0.25) is 28.8 Å². The average Bonchev–Trinajstić information content (AvgIpc) is 1.54. The first-order chi connectivity index (χ1) is 53.3. The van der Waals surface area contributed by atoms with Crippen LogP contribution in [0.4, 0.5) is 0 Å². The molecule has 12 nitrogen and oxygen atoms in total. The Bertz CT molecular complexity index is 3390. The maximum Gasteiger partial charge on any atom is 0.312 e. The van der Waals surface area contributed by atoms with E-state index in [0.717, 1.165) is 185 Å². The lowest BCUT2D eigenvalue weighted by Gasteiger charge is -2.48. The van der Waals surface area contributed by atoms with E-state index in [4.69, 9.17) is 28.4 Å². The maximum atomic E-state index is 12.7. The smallest absolute Gasteiger partial charge is 0.312 e. The Balaban J connectivity index is 0.000000127. The fraction of sp³-hybridized carbons (Fsp3) is 0.941. The van der Waals surface area contributed by atoms with Gasteiger partial charge in [0.15, 0.2) is 0 Å². The van der Waals surface area contributed by atoms with Crippen LogP contribution in [0, 0.1) is 163 Å². The van der Waals surface area contributed by atoms with E-state index in [1.165, 1.54) is 154 Å². The van der Waals surface area contributed by atoms with Crippen molar-refractivity contribution in [2.75, 3.05) is 0 Å². The molecule has 28 atom stereocenters. The van der Waals surface area contributed by atoms with Gasteiger partial charge in [0.2, 0.25) is 0 Å². The fourth-order valence-corrected chi connectivity index (χ4v) is 28.8. The van der Waals surface area contributed by atoms with Crippen molar-refractivity contribution in [3.63, 3.8) is 0 Å². The number of hydrogen-bond donors (Lipinski definition) is 0. The molecule has 17 rings (SSSR count). The van der Waals surface area contributed by atoms with Gasteiger partial charge in [0.05, 0.1) is 32.5 Å². The normalized spacial score (nSPS) is 42.7. The quantitative estimate of drug-likeness (QED) is 0.0646. The van der Waals surface area contributed by atoms with E-state index in [1.54, 1.807) is 0 Å². The minimum atomic E-state index is -0.343. The van der Waals surface area contributed by atoms with E-state index in [9.17, 15) is 28.8 Å². The molecular formula is C102H170O12. The van der Waals surface area contributed by atoms with Crippen molar-refractivity contribution >= 4 is 35.8 Å². The monoisotopic (exact) mass is 1590 g/mol. The zero-order valence-corrected chi connectivity index (χ0v) is 77.5. The molecule has 0 aromatic carbocycles. The molecule has 0 heterocycles. The number of carbonyl (C=O) groups is 6. The first-order valence-corrected chi connectivity index (χ1v) is 48.7. The van der Waals surface area contributed by atoms with Crippen LogP contribution in [0.15, 0.2) is 0 Å². The van der Waals surface area contributed by atoms with Crippen molar-refractivity contribution in [2.24, 2.45) is 163 Å². The molecular weight excluding hydrogens is 1420 g/mol. The summed E-state index contributed by atoms with van der Waals surface area (Å²) in [5, 5.41) is 0. The Morgan fingerprint density at radius 1 is 0.272 bits per heavy atom. The molecule has 0 aromatic heterocycles. The van der Waals surface area contributed by atoms with Crippen molar-refractivity contribution in [2.45, 2.75) is 444 Å². The highest BCUT2D eigenvalue weighted by Crippen LogP contribution is 2.73. The van der Waals surface area contributed by atoms with Crippen molar-refractivity contribution in [3.05, 3.63) is 0 Å². The van der Waals surface area contributed by atoms with Gasteiger partial charge in [0, 0.05) is 23.7 Å². The van der Waals surface area contributed by atoms with E-state index in [2.05, 4.69) is 76.2 Å². The second-order valence-corrected chi connectivity index (χ2v) is 47.2. The van der Waals surface area contributed by atoms with Crippen LogP contribution in [0.3, 0.4) is 0 Å². The number of ether oxygens (including phenoxy) is 6. The summed E-state index contributed by atoms with van der Waals surface area (Å²) < 4.78 is 36.5. The number of esters is 6. The predicted octanol–water partition coefficient (Wildman–Crippen LogP) is 25.6. The second-order valence-electron chi connectivity index (χ2n) is 47.2. The predicted molar refractivity (Wildman–Crippen MR) is 456 cm³/mol. The van der Waals surface area contributed by atoms with Gasteiger partial charge in [-0.25, -0.2) is 0 Å². The number of hydrogen-bond acceptors (Lipinski definition) is 12. The van der Waals surface area contributed by atoms with Crippen LogP contribution in [-0.2, 0) is 57.2 Å². The minimum Gasteiger partial charge on any atom is -0.459 e. The summed E-state index contributed by atoms with van der Waals surface area (Å²) in [5.41, 5.74) is -2.94. The summed E-state index contributed by atoms with van der Waals surface area (Å²) in [7, 11) is 0. The lowest BCUT2D eigenvalue weighted by atomic mass is 9.63. The van der Waals surface area contributed by atoms with E-state index in [-0.39, 0.29) is 102 Å². The van der Waals surface area contributed by atoms with Gasteiger partial charge in [0.25, 0.3) is 0 Å². The number of rotatable bonds is 20. The zero-order chi connectivity index (χ0) is 83.3. The molecule has 0 aliphatic heterocycles. The van der Waals surface area contributed by atoms with Crippen LogP contribution in [0.2, 0.25) is 0 Å². The van der Waals surface area contributed by atoms with Crippen molar-refractivity contribution in [1.82, 2.24) is 0 Å². The lowest BCUT2D eigenvalue weighted by Crippen LogP contribution is -2.49. The molecule has 28 unspecified atom stereocenters. The van der Waals surface area contributed by atoms with Crippen LogP contribution in [-0.4, -0.2) is 69.4 Å². The standard InChI is InChI=1S/C20H32O2.C19H30O2.C17H28O2.C17H30O2.C15H26O2.C14H24O2/c1-5-19(3,4)18(21)22-20(6-2)11-14-10-15(20)17-13-8-7-12(9-13)16(14)17;1-5-18(2,3)17(20)21-19(4)10-13-9-14(19)16-12-7-6-11(8-12)15(13)16;1-5-16(2,3)15(18)19-17(4)10-11-9-14(17)13-8-6-7-12(11)13;1-5-16(2,3)15(18)19-17(4)12-8-10-13-9-6-7-11-14(13)17;1-5-14(3,4)13(16)17-15(6-2)10-11-7-8-12(15)9-11;1-5-13(2,3)12(15)16-14(4)9-10-6-7-11(14)8-10/h12-17H,5-11H2,1-4H3;11-16H,5-10H2,1-4H3;11-14H,5-10H2,1-4H3;13-14H,5-12H2,1-4H3;11-12H,5-10H2,1-4H3;10-11H,5-9H2,1-4H3. The number of fused-ring (bicyclic) bond motifs is 28. The Morgan fingerprint density at radius 2 is 0.649 bits per heavy atom. The Hall–Kier alpha value is -3.18. The molecule has 17 aliphatic carbocycles. The minimum absolute atomic E-state index is 0.00345. The van der Waals surface area contributed by atoms with Gasteiger partial charge in [-0.2, -0.15) is 0 Å². The first-order valence-electron chi connectivity index (χ1n) is 48.7. The van der Waals surface area contributed by atoms with Crippen LogP contribution in [0.25, 0.3) is 0 Å². The van der Waals surface area contributed by atoms with E-state index in [0.29, 0.717) is 35.5 Å². The summed E-state index contributed by atoms with van der Waals surface area (Å²) in [4.78, 5) is 74.5. The van der Waals surface area contributed by atoms with E-state index < -0.39 is 0 Å². The summed E-state index contributed by atoms with van der Waals surface area (Å²) in [5.74, 6) is 18.3. The number of carbonyl (C=O) groups excluding carboxylic acids is 6. The molecule has 17 fully saturated rings. The van der Waals surface area contributed by atoms with Gasteiger partial charge in [-0.1, -0.05) is 81.1 Å². The average molecular weight is 1590 g/mol. The summed E-state index contributed by atoms with van der Waals surface area (Å²) in [6.45, 7) is 49.7. The molecule has 114 heavy (non-hydrogen) atoms. The Labute approximate surface area is 695 Å². The molecule has 0 amide bonds. The van der Waals surface area contributed by atoms with Crippen LogP contribution in [0.1, 0.15) is 410 Å². The topological polar surface area (TPSA) is 158 Å². The third-order valence-electron chi connectivity index (χ3n) is 38.4. The molecule has 17 saturated carbocycles. The van der Waals surface area contributed by atoms with Gasteiger partial charge in [-0.05, 0) is 436 Å². The molecule has 650 valence electrons. The molecule has 0 saturated heterocycles. The highest BCUT2D eigenvalue weighted by Gasteiger charge is 2.70. The first kappa shape index (κ1) is 90.1. The van der Waals surface area contributed by atoms with Crippen molar-refractivity contribution in [3.8, 4) is 0 Å². The lowest BCUT2D eigenvalue weighted by molar-refractivity contribution is -0.185. The highest BCUT2D eigenvalue weighted by atomic mass is 16.6. The summed E-state index contributed by atoms with van der Waals surface area (Å²) in [6, 6.07) is 0. The Morgan fingerprint density at radius 3 is 1.11 bits per heavy atom. The SMILES string of the molecule is CCC(C)(C)C(=O)OC1(C)CC2CC1C1C3CCC(C3)C21.CCC(C)(C)C(=O)OC1(C)CC2CC1C1CCCC21.CCC(C)(C)C(=O)OC1(C)CC2CCC1C2.CCC(C)(C)C(=O)OC1(C)CCCC2CCCCC21.CCC(C)(C)C(=O)OC1(CC)CC2CC1C1C3CCC(C3)C21.CCC(C)(C)C(=O)OC1(CC)CC2CCC1C2. The van der Waals surface area contributed by atoms with Crippen LogP contribution in [0.5, 0.6) is 0 Å². The fourth-order valence-electron chi connectivity index (χ4n) is 28.8. The molecule has 0 radical (unpaired) electrons. The zero-order valence-electron chi connectivity index (χ0n) is 77.5. The van der Waals surface area contributed by atoms with E-state index >= 15 is 0 Å². The largest absolute Gasteiger partial charge is 0.459 e. The Kier molecular flexibility index (Phi) is 26.5. The molecule has 12 heteroatoms. The summed E-state index contributed by atoms with van der Waals surface area (Å²) >= 11 is 0. The molecule has 0 N–H and O–H groups in total.